The maximum Gasteiger partial charge on any atom is 0.161 e. The molecule has 4 heterocycles. The summed E-state index contributed by atoms with van der Waals surface area (Å²) in [6, 6.07) is 12.7. The van der Waals surface area contributed by atoms with Crippen molar-refractivity contribution in [3.63, 3.8) is 0 Å². The lowest BCUT2D eigenvalue weighted by Gasteiger charge is -2.28. The number of tetrazole rings is 1. The molecule has 0 amide bonds. The van der Waals surface area contributed by atoms with Crippen LogP contribution in [0.4, 0.5) is 0 Å². The molecule has 2 aliphatic heterocycles. The largest absolute Gasteiger partial charge is 0.497 e. The van der Waals surface area contributed by atoms with Gasteiger partial charge in [-0.1, -0.05) is 23.7 Å². The van der Waals surface area contributed by atoms with Crippen LogP contribution >= 0.6 is 11.6 Å². The molecule has 0 aliphatic carbocycles. The highest BCUT2D eigenvalue weighted by atomic mass is 35.5. The van der Waals surface area contributed by atoms with Gasteiger partial charge in [-0.25, -0.2) is 4.98 Å². The van der Waals surface area contributed by atoms with Crippen molar-refractivity contribution in [1.82, 2.24) is 35.1 Å². The van der Waals surface area contributed by atoms with Crippen LogP contribution in [0.3, 0.4) is 0 Å². The van der Waals surface area contributed by atoms with Crippen molar-refractivity contribution in [2.24, 2.45) is 0 Å². The lowest BCUT2D eigenvalue weighted by molar-refractivity contribution is -0.118. The van der Waals surface area contributed by atoms with Gasteiger partial charge in [0.25, 0.3) is 0 Å². The first kappa shape index (κ1) is 21.3. The highest BCUT2D eigenvalue weighted by Gasteiger charge is 2.41. The predicted molar refractivity (Wildman–Crippen MR) is 130 cm³/mol. The smallest absolute Gasteiger partial charge is 0.161 e. The van der Waals surface area contributed by atoms with Gasteiger partial charge in [0.05, 0.1) is 30.7 Å². The fourth-order valence-electron chi connectivity index (χ4n) is 4.62. The lowest BCUT2D eigenvalue weighted by Crippen LogP contribution is -2.30. The second-order valence-corrected chi connectivity index (χ2v) is 8.78. The van der Waals surface area contributed by atoms with Crippen LogP contribution in [-0.2, 0) is 4.79 Å². The molecule has 2 aromatic heterocycles. The third kappa shape index (κ3) is 3.79. The summed E-state index contributed by atoms with van der Waals surface area (Å²) in [5.41, 5.74) is 4.34. The monoisotopic (exact) mass is 485 g/mol. The van der Waals surface area contributed by atoms with Crippen LogP contribution in [0.15, 0.2) is 73.3 Å². The maximum absolute atomic E-state index is 13.1. The van der Waals surface area contributed by atoms with Gasteiger partial charge in [-0.15, -0.1) is 5.10 Å². The number of hydrogen-bond donors (Lipinski definition) is 1. The highest BCUT2D eigenvalue weighted by Crippen LogP contribution is 2.39. The Morgan fingerprint density at radius 3 is 2.94 bits per heavy atom. The zero-order valence-corrected chi connectivity index (χ0v) is 19.4. The van der Waals surface area contributed by atoms with E-state index < -0.39 is 6.04 Å². The standard InChI is InChI=1S/C25H20ClN7O2/c1-35-18-4-2-3-16(9-18)20-13-27-25(29-20)23-12-24(34)22-10-15(7-8-32(22)23)19-11-17(26)5-6-21(19)33-14-28-30-31-33/h2-11,13-14,22-23H,12H2,1H3,(H,27,29)/t22?,23-/m0/s1. The molecule has 0 bridgehead atoms. The Morgan fingerprint density at radius 2 is 2.11 bits per heavy atom. The quantitative estimate of drug-likeness (QED) is 0.455. The molecule has 35 heavy (non-hydrogen) atoms. The van der Waals surface area contributed by atoms with E-state index in [0.717, 1.165) is 39.7 Å². The number of nitrogens with zero attached hydrogens (tertiary/aromatic N) is 6. The Bertz CT molecular complexity index is 1470. The third-order valence-corrected chi connectivity index (χ3v) is 6.56. The van der Waals surface area contributed by atoms with Gasteiger partial charge in [0.2, 0.25) is 0 Å². The van der Waals surface area contributed by atoms with E-state index in [1.807, 2.05) is 59.7 Å². The number of methoxy groups -OCH3 is 1. The summed E-state index contributed by atoms with van der Waals surface area (Å²) in [4.78, 5) is 23.1. The van der Waals surface area contributed by atoms with Gasteiger partial charge in [-0.3, -0.25) is 4.79 Å². The molecule has 4 aromatic rings. The second kappa shape index (κ2) is 8.52. The number of aromatic nitrogens is 6. The van der Waals surface area contributed by atoms with Crippen molar-refractivity contribution in [2.75, 3.05) is 7.11 Å². The molecule has 0 spiro atoms. The fraction of sp³-hybridized carbons (Fsp3) is 0.160. The second-order valence-electron chi connectivity index (χ2n) is 8.35. The molecule has 2 atom stereocenters. The number of halogens is 1. The maximum atomic E-state index is 13.1. The number of benzene rings is 2. The van der Waals surface area contributed by atoms with Gasteiger partial charge >= 0.3 is 0 Å². The summed E-state index contributed by atoms with van der Waals surface area (Å²) in [6.45, 7) is 0. The van der Waals surface area contributed by atoms with Crippen molar-refractivity contribution >= 4 is 23.0 Å². The van der Waals surface area contributed by atoms with Crippen LogP contribution in [0.25, 0.3) is 22.5 Å². The number of rotatable bonds is 5. The van der Waals surface area contributed by atoms with Crippen molar-refractivity contribution in [1.29, 1.82) is 0 Å². The van der Waals surface area contributed by atoms with Gasteiger partial charge < -0.3 is 14.6 Å². The topological polar surface area (TPSA) is 102 Å². The van der Waals surface area contributed by atoms with E-state index in [1.54, 1.807) is 24.1 Å². The van der Waals surface area contributed by atoms with Crippen molar-refractivity contribution in [3.8, 4) is 22.7 Å². The number of carbonyl (C=O) groups is 1. The molecule has 0 radical (unpaired) electrons. The number of fused-ring (bicyclic) bond motifs is 1. The molecule has 1 saturated heterocycles. The Balaban J connectivity index is 1.30. The molecular weight excluding hydrogens is 466 g/mol. The molecule has 10 heteroatoms. The summed E-state index contributed by atoms with van der Waals surface area (Å²) in [5, 5.41) is 12.1. The molecule has 2 aromatic carbocycles. The number of aromatic amines is 1. The minimum Gasteiger partial charge on any atom is -0.497 e. The number of allylic oxidation sites excluding steroid dienone is 2. The van der Waals surface area contributed by atoms with Crippen LogP contribution in [0, 0.1) is 0 Å². The number of Topliss-reactive ketones (excluding diaryl/α,β-unsaturated/α-hetero) is 1. The number of hydrogen-bond acceptors (Lipinski definition) is 7. The van der Waals surface area contributed by atoms with Crippen LogP contribution in [0.2, 0.25) is 5.02 Å². The number of ether oxygens (including phenoxy) is 1. The molecule has 2 aliphatic rings. The molecule has 0 saturated carbocycles. The molecular formula is C25H20ClN7O2. The van der Waals surface area contributed by atoms with Gasteiger partial charge in [0, 0.05) is 28.8 Å². The SMILES string of the molecule is COc1cccc(-c2cnc([C@@H]3CC(=O)C4C=C(c5cc(Cl)ccc5-n5cnnn5)C=CN43)[nH]2)c1. The summed E-state index contributed by atoms with van der Waals surface area (Å²) < 4.78 is 6.91. The number of H-pyrrole nitrogens is 1. The van der Waals surface area contributed by atoms with E-state index in [9.17, 15) is 4.79 Å². The first-order valence-corrected chi connectivity index (χ1v) is 11.4. The van der Waals surface area contributed by atoms with E-state index in [4.69, 9.17) is 16.3 Å². The molecule has 9 nitrogen and oxygen atoms in total. The number of ketones is 1. The Hall–Kier alpha value is -4.24. The van der Waals surface area contributed by atoms with Gasteiger partial charge in [-0.05, 0) is 58.5 Å². The first-order chi connectivity index (χ1) is 17.1. The summed E-state index contributed by atoms with van der Waals surface area (Å²) >= 11 is 6.30. The van der Waals surface area contributed by atoms with Gasteiger partial charge in [0.15, 0.2) is 5.78 Å². The minimum atomic E-state index is -0.397. The van der Waals surface area contributed by atoms with Gasteiger partial charge in [-0.2, -0.15) is 4.68 Å². The number of carbonyl (C=O) groups excluding carboxylic acids is 1. The van der Waals surface area contributed by atoms with Crippen molar-refractivity contribution in [3.05, 3.63) is 89.8 Å². The fourth-order valence-corrected chi connectivity index (χ4v) is 4.79. The van der Waals surface area contributed by atoms with Crippen molar-refractivity contribution in [2.45, 2.75) is 18.5 Å². The molecule has 174 valence electrons. The number of imidazole rings is 1. The highest BCUT2D eigenvalue weighted by molar-refractivity contribution is 6.30. The molecule has 1 unspecified atom stereocenters. The molecule has 1 N–H and O–H groups in total. The first-order valence-electron chi connectivity index (χ1n) is 11.0. The van der Waals surface area contributed by atoms with Crippen LogP contribution in [-0.4, -0.2) is 54.0 Å². The zero-order chi connectivity index (χ0) is 23.9. The third-order valence-electron chi connectivity index (χ3n) is 6.33. The van der Waals surface area contributed by atoms with Crippen molar-refractivity contribution < 1.29 is 9.53 Å². The van der Waals surface area contributed by atoms with E-state index in [1.165, 1.54) is 6.33 Å². The lowest BCUT2D eigenvalue weighted by atomic mass is 9.98. The van der Waals surface area contributed by atoms with Crippen LogP contribution in [0.1, 0.15) is 23.9 Å². The van der Waals surface area contributed by atoms with Crippen LogP contribution in [0.5, 0.6) is 5.75 Å². The Kier molecular flexibility index (Phi) is 5.18. The molecule has 6 rings (SSSR count). The predicted octanol–water partition coefficient (Wildman–Crippen LogP) is 4.01. The van der Waals surface area contributed by atoms with E-state index in [-0.39, 0.29) is 11.8 Å². The average Bonchev–Trinajstić information content (AvgIpc) is 3.65. The van der Waals surface area contributed by atoms with Gasteiger partial charge in [0.1, 0.15) is 23.9 Å². The summed E-state index contributed by atoms with van der Waals surface area (Å²) in [6.07, 6.45) is 9.58. The number of nitrogens with one attached hydrogen (secondary N) is 1. The minimum absolute atomic E-state index is 0.127. The summed E-state index contributed by atoms with van der Waals surface area (Å²) in [7, 11) is 1.64. The van der Waals surface area contributed by atoms with E-state index in [0.29, 0.717) is 11.4 Å². The summed E-state index contributed by atoms with van der Waals surface area (Å²) in [5.74, 6) is 1.65. The Morgan fingerprint density at radius 1 is 1.20 bits per heavy atom. The normalized spacial score (nSPS) is 19.1. The van der Waals surface area contributed by atoms with Crippen LogP contribution < -0.4 is 4.74 Å². The van der Waals surface area contributed by atoms with E-state index in [2.05, 4.69) is 25.5 Å². The molecule has 1 fully saturated rings. The average molecular weight is 486 g/mol. The Labute approximate surface area is 205 Å². The van der Waals surface area contributed by atoms with E-state index >= 15 is 0 Å². The zero-order valence-electron chi connectivity index (χ0n) is 18.7.